The van der Waals surface area contributed by atoms with Gasteiger partial charge >= 0.3 is 5.97 Å². The van der Waals surface area contributed by atoms with Crippen LogP contribution in [0.3, 0.4) is 0 Å². The summed E-state index contributed by atoms with van der Waals surface area (Å²) in [5.74, 6) is -0.902. The first-order chi connectivity index (χ1) is 11.9. The van der Waals surface area contributed by atoms with Gasteiger partial charge < -0.3 is 14.6 Å². The van der Waals surface area contributed by atoms with Crippen molar-refractivity contribution in [3.63, 3.8) is 0 Å². The molecule has 1 aromatic rings. The lowest BCUT2D eigenvalue weighted by Crippen LogP contribution is -2.34. The van der Waals surface area contributed by atoms with Crippen LogP contribution in [0.1, 0.15) is 49.1 Å². The van der Waals surface area contributed by atoms with E-state index < -0.39 is 11.9 Å². The fourth-order valence-corrected chi connectivity index (χ4v) is 3.80. The van der Waals surface area contributed by atoms with Gasteiger partial charge in [-0.1, -0.05) is 0 Å². The third-order valence-electron chi connectivity index (χ3n) is 5.18. The summed E-state index contributed by atoms with van der Waals surface area (Å²) in [6, 6.07) is 3.93. The molecule has 130 valence electrons. The van der Waals surface area contributed by atoms with E-state index in [1.54, 1.807) is 10.6 Å². The number of dihydropyridines is 1. The van der Waals surface area contributed by atoms with E-state index in [1.807, 2.05) is 20.9 Å². The van der Waals surface area contributed by atoms with E-state index in [4.69, 9.17) is 4.74 Å². The summed E-state index contributed by atoms with van der Waals surface area (Å²) in [6.45, 7) is 3.72. The minimum Gasteiger partial charge on any atom is -0.466 e. The fourth-order valence-electron chi connectivity index (χ4n) is 3.80. The highest BCUT2D eigenvalue weighted by molar-refractivity contribution is 6.03. The molecule has 1 aliphatic heterocycles. The second kappa shape index (κ2) is 6.25. The molecule has 25 heavy (non-hydrogen) atoms. The van der Waals surface area contributed by atoms with E-state index in [0.29, 0.717) is 29.0 Å². The molecule has 0 saturated heterocycles. The molecule has 1 aliphatic carbocycles. The Morgan fingerprint density at radius 1 is 1.40 bits per heavy atom. The molecule has 2 aliphatic rings. The lowest BCUT2D eigenvalue weighted by molar-refractivity contribution is -0.136. The number of ether oxygens (including phenoxy) is 1. The van der Waals surface area contributed by atoms with E-state index in [-0.39, 0.29) is 5.78 Å². The summed E-state index contributed by atoms with van der Waals surface area (Å²) >= 11 is 0. The molecule has 0 saturated carbocycles. The van der Waals surface area contributed by atoms with Crippen LogP contribution in [0.5, 0.6) is 0 Å². The third-order valence-corrected chi connectivity index (χ3v) is 5.18. The van der Waals surface area contributed by atoms with Crippen LogP contribution in [-0.4, -0.2) is 23.4 Å². The van der Waals surface area contributed by atoms with Crippen LogP contribution in [0.25, 0.3) is 0 Å². The molecule has 0 bridgehead atoms. The van der Waals surface area contributed by atoms with Gasteiger partial charge in [-0.15, -0.1) is 0 Å². The van der Waals surface area contributed by atoms with Crippen molar-refractivity contribution in [1.29, 1.82) is 5.26 Å². The highest BCUT2D eigenvalue weighted by atomic mass is 16.5. The molecular formula is C19H21N3O3. The summed E-state index contributed by atoms with van der Waals surface area (Å²) in [6.07, 6.45) is 2.05. The van der Waals surface area contributed by atoms with E-state index in [2.05, 4.69) is 11.4 Å². The largest absolute Gasteiger partial charge is 0.466 e. The number of aromatic nitrogens is 1. The van der Waals surface area contributed by atoms with Crippen LogP contribution in [0.2, 0.25) is 0 Å². The average molecular weight is 339 g/mol. The van der Waals surface area contributed by atoms with Crippen LogP contribution in [0, 0.1) is 18.3 Å². The van der Waals surface area contributed by atoms with E-state index in [1.165, 1.54) is 7.11 Å². The lowest BCUT2D eigenvalue weighted by atomic mass is 9.75. The number of carbonyl (C=O) groups is 2. The number of allylic oxidation sites excluding steroid dienone is 3. The number of methoxy groups -OCH3 is 1. The first-order valence-corrected chi connectivity index (χ1v) is 8.29. The molecule has 1 aromatic heterocycles. The zero-order chi connectivity index (χ0) is 18.3. The Bertz CT molecular complexity index is 880. The predicted octanol–water partition coefficient (Wildman–Crippen LogP) is 2.35. The topological polar surface area (TPSA) is 84.1 Å². The molecule has 1 atom stereocenters. The number of ketones is 1. The molecule has 6 heteroatoms. The zero-order valence-electron chi connectivity index (χ0n) is 14.9. The smallest absolute Gasteiger partial charge is 0.336 e. The quantitative estimate of drug-likeness (QED) is 0.836. The van der Waals surface area contributed by atoms with Gasteiger partial charge in [0.05, 0.1) is 12.7 Å². The monoisotopic (exact) mass is 339 g/mol. The predicted molar refractivity (Wildman–Crippen MR) is 91.3 cm³/mol. The maximum atomic E-state index is 12.7. The van der Waals surface area contributed by atoms with Gasteiger partial charge in [0, 0.05) is 42.0 Å². The average Bonchev–Trinajstić information content (AvgIpc) is 2.88. The maximum absolute atomic E-state index is 12.7. The number of carbonyl (C=O) groups excluding carboxylic acids is 2. The molecule has 0 spiro atoms. The van der Waals surface area contributed by atoms with Crippen molar-refractivity contribution in [3.05, 3.63) is 45.6 Å². The van der Waals surface area contributed by atoms with Crippen LogP contribution in [0.15, 0.2) is 28.6 Å². The van der Waals surface area contributed by atoms with Gasteiger partial charge in [-0.25, -0.2) is 4.79 Å². The van der Waals surface area contributed by atoms with Gasteiger partial charge in [0.25, 0.3) is 0 Å². The first kappa shape index (κ1) is 17.0. The Balaban J connectivity index is 2.27. The van der Waals surface area contributed by atoms with Crippen LogP contribution < -0.4 is 5.32 Å². The molecule has 0 fully saturated rings. The lowest BCUT2D eigenvalue weighted by Gasteiger charge is -2.34. The number of rotatable bonds is 2. The molecule has 1 N–H and O–H groups in total. The van der Waals surface area contributed by atoms with Crippen LogP contribution in [0.4, 0.5) is 0 Å². The molecule has 3 rings (SSSR count). The van der Waals surface area contributed by atoms with E-state index >= 15 is 0 Å². The number of hydrogen-bond acceptors (Lipinski definition) is 5. The summed E-state index contributed by atoms with van der Waals surface area (Å²) in [7, 11) is 3.15. The summed E-state index contributed by atoms with van der Waals surface area (Å²) in [5, 5.41) is 12.6. The molecule has 1 unspecified atom stereocenters. The first-order valence-electron chi connectivity index (χ1n) is 8.29. The third kappa shape index (κ3) is 2.56. The number of nitriles is 1. The molecule has 6 nitrogen and oxygen atoms in total. The number of hydrogen-bond donors (Lipinski definition) is 1. The van der Waals surface area contributed by atoms with Gasteiger partial charge in [-0.05, 0) is 38.3 Å². The second-order valence-corrected chi connectivity index (χ2v) is 6.50. The highest BCUT2D eigenvalue weighted by Gasteiger charge is 2.40. The van der Waals surface area contributed by atoms with Crippen LogP contribution >= 0.6 is 0 Å². The molecule has 2 heterocycles. The molecule has 0 aromatic carbocycles. The van der Waals surface area contributed by atoms with Gasteiger partial charge in [0.1, 0.15) is 11.8 Å². The molecule has 0 amide bonds. The standard InChI is InChI=1S/C19H21N3O3/c1-10-16(19(24)25-4)17(13-8-12(9-20)22(3)11(13)2)18-14(21-10)6-5-7-15(18)23/h8,17,21H,5-7H2,1-4H3. The summed E-state index contributed by atoms with van der Waals surface area (Å²) < 4.78 is 6.77. The fraction of sp³-hybridized carbons (Fsp3) is 0.421. The number of Topliss-reactive ketones (excluding diaryl/α,β-unsaturated/α-hetero) is 1. The van der Waals surface area contributed by atoms with Gasteiger partial charge in [-0.3, -0.25) is 4.79 Å². The Morgan fingerprint density at radius 3 is 2.72 bits per heavy atom. The van der Waals surface area contributed by atoms with Gasteiger partial charge in [0.2, 0.25) is 0 Å². The summed E-state index contributed by atoms with van der Waals surface area (Å²) in [4.78, 5) is 25.2. The Labute approximate surface area is 146 Å². The van der Waals surface area contributed by atoms with Crippen molar-refractivity contribution >= 4 is 11.8 Å². The number of nitrogens with zero attached hydrogens (tertiary/aromatic N) is 2. The normalized spacial score (nSPS) is 20.1. The van der Waals surface area contributed by atoms with Crippen molar-refractivity contribution in [2.75, 3.05) is 7.11 Å². The van der Waals surface area contributed by atoms with Crippen molar-refractivity contribution in [3.8, 4) is 6.07 Å². The molecular weight excluding hydrogens is 318 g/mol. The second-order valence-electron chi connectivity index (χ2n) is 6.50. The van der Waals surface area contributed by atoms with Crippen molar-refractivity contribution in [2.45, 2.75) is 39.0 Å². The van der Waals surface area contributed by atoms with E-state index in [9.17, 15) is 14.9 Å². The Morgan fingerprint density at radius 2 is 2.12 bits per heavy atom. The number of esters is 1. The zero-order valence-corrected chi connectivity index (χ0v) is 14.9. The summed E-state index contributed by atoms with van der Waals surface area (Å²) in [5.41, 5.74) is 4.83. The molecule has 0 radical (unpaired) electrons. The Kier molecular flexibility index (Phi) is 4.25. The number of nitrogens with one attached hydrogen (secondary N) is 1. The Hall–Kier alpha value is -2.81. The minimum absolute atomic E-state index is 0.0504. The van der Waals surface area contributed by atoms with Crippen LogP contribution in [-0.2, 0) is 21.4 Å². The van der Waals surface area contributed by atoms with Crippen molar-refractivity contribution < 1.29 is 14.3 Å². The minimum atomic E-state index is -0.496. The maximum Gasteiger partial charge on any atom is 0.336 e. The van der Waals surface area contributed by atoms with Crippen molar-refractivity contribution in [2.24, 2.45) is 7.05 Å². The van der Waals surface area contributed by atoms with E-state index in [0.717, 1.165) is 29.8 Å². The SMILES string of the molecule is COC(=O)C1=C(C)NC2=C(C(=O)CCC2)C1c1cc(C#N)n(C)c1C. The van der Waals surface area contributed by atoms with Gasteiger partial charge in [0.15, 0.2) is 5.78 Å². The highest BCUT2D eigenvalue weighted by Crippen LogP contribution is 2.43. The van der Waals surface area contributed by atoms with Gasteiger partial charge in [-0.2, -0.15) is 5.26 Å². The van der Waals surface area contributed by atoms with Crippen molar-refractivity contribution in [1.82, 2.24) is 9.88 Å².